The predicted molar refractivity (Wildman–Crippen MR) is 129 cm³/mol. The summed E-state index contributed by atoms with van der Waals surface area (Å²) in [7, 11) is -3.63. The maximum Gasteiger partial charge on any atom is 0.391 e. The lowest BCUT2D eigenvalue weighted by Gasteiger charge is -2.35. The van der Waals surface area contributed by atoms with Gasteiger partial charge in [-0.2, -0.15) is 13.2 Å². The number of Topliss-reactive ketones (excluding diaryl/α,β-unsaturated/α-hetero) is 1. The molecule has 0 bridgehead atoms. The standard InChI is InChI=1S/C25H30F4N2O3S/c1-16-4-5-18(23(14-16)31-12-10-20(11-13-31)25(27,28)29)7-9-24(32)17(2)19-6-8-22(21(26)15-19)30-35(3,33)34/h4-6,8,14-15,17,20,30H,7,9-13H2,1-3H3. The number of nitrogens with one attached hydrogen (secondary N) is 1. The van der Waals surface area contributed by atoms with E-state index in [1.165, 1.54) is 12.1 Å². The van der Waals surface area contributed by atoms with Gasteiger partial charge in [0, 0.05) is 31.1 Å². The molecule has 0 aromatic heterocycles. The molecule has 1 atom stereocenters. The van der Waals surface area contributed by atoms with Gasteiger partial charge in [-0.25, -0.2) is 12.8 Å². The number of hydrogen-bond acceptors (Lipinski definition) is 4. The molecule has 2 aromatic rings. The van der Waals surface area contributed by atoms with Crippen molar-refractivity contribution in [2.45, 2.75) is 51.6 Å². The van der Waals surface area contributed by atoms with Gasteiger partial charge < -0.3 is 4.90 Å². The number of piperidine rings is 1. The molecule has 3 rings (SSSR count). The predicted octanol–water partition coefficient (Wildman–Crippen LogP) is 5.59. The van der Waals surface area contributed by atoms with E-state index in [4.69, 9.17) is 0 Å². The Morgan fingerprint density at radius 1 is 1.14 bits per heavy atom. The Morgan fingerprint density at radius 3 is 2.37 bits per heavy atom. The molecule has 1 fully saturated rings. The maximum atomic E-state index is 14.3. The van der Waals surface area contributed by atoms with Crippen molar-refractivity contribution >= 4 is 27.2 Å². The van der Waals surface area contributed by atoms with E-state index in [0.717, 1.165) is 29.1 Å². The van der Waals surface area contributed by atoms with E-state index in [9.17, 15) is 30.8 Å². The third-order valence-corrected chi connectivity index (χ3v) is 7.04. The summed E-state index contributed by atoms with van der Waals surface area (Å²) in [6, 6.07) is 9.72. The largest absolute Gasteiger partial charge is 0.391 e. The Balaban J connectivity index is 1.68. The normalized spacial score (nSPS) is 16.3. The molecule has 1 aliphatic heterocycles. The monoisotopic (exact) mass is 514 g/mol. The van der Waals surface area contributed by atoms with E-state index in [2.05, 4.69) is 4.72 Å². The van der Waals surface area contributed by atoms with Crippen LogP contribution in [0.25, 0.3) is 0 Å². The fraction of sp³-hybridized carbons (Fsp3) is 0.480. The molecule has 0 spiro atoms. The van der Waals surface area contributed by atoms with E-state index in [1.807, 2.05) is 30.0 Å². The van der Waals surface area contributed by atoms with Gasteiger partial charge in [0.1, 0.15) is 11.6 Å². The molecule has 1 N–H and O–H groups in total. The lowest BCUT2D eigenvalue weighted by Crippen LogP contribution is -2.39. The second kappa shape index (κ2) is 10.6. The molecule has 0 saturated carbocycles. The second-order valence-electron chi connectivity index (χ2n) is 9.24. The number of hydrogen-bond donors (Lipinski definition) is 1. The van der Waals surface area contributed by atoms with Crippen molar-refractivity contribution in [2.24, 2.45) is 5.92 Å². The van der Waals surface area contributed by atoms with Gasteiger partial charge in [0.25, 0.3) is 0 Å². The number of carbonyl (C=O) groups is 1. The van der Waals surface area contributed by atoms with Gasteiger partial charge in [-0.3, -0.25) is 9.52 Å². The fourth-order valence-corrected chi connectivity index (χ4v) is 4.94. The number of sulfonamides is 1. The number of ketones is 1. The molecular formula is C25H30F4N2O3S. The third kappa shape index (κ3) is 7.19. The second-order valence-corrected chi connectivity index (χ2v) is 11.0. The minimum atomic E-state index is -4.18. The van der Waals surface area contributed by atoms with E-state index < -0.39 is 33.9 Å². The highest BCUT2D eigenvalue weighted by molar-refractivity contribution is 7.92. The van der Waals surface area contributed by atoms with Crippen LogP contribution in [0.3, 0.4) is 0 Å². The third-order valence-electron chi connectivity index (χ3n) is 6.45. The average Bonchev–Trinajstić information content (AvgIpc) is 2.77. The summed E-state index contributed by atoms with van der Waals surface area (Å²) in [5, 5.41) is 0. The number of halogens is 4. The summed E-state index contributed by atoms with van der Waals surface area (Å²) in [5.41, 5.74) is 2.98. The summed E-state index contributed by atoms with van der Waals surface area (Å²) in [4.78, 5) is 14.8. The first-order valence-electron chi connectivity index (χ1n) is 11.5. The topological polar surface area (TPSA) is 66.5 Å². The Labute approximate surface area is 203 Å². The van der Waals surface area contributed by atoms with Crippen LogP contribution in [0, 0.1) is 18.7 Å². The van der Waals surface area contributed by atoms with Gasteiger partial charge in [0.2, 0.25) is 10.0 Å². The van der Waals surface area contributed by atoms with Crippen LogP contribution in [-0.4, -0.2) is 39.7 Å². The number of benzene rings is 2. The zero-order chi connectivity index (χ0) is 26.0. The molecule has 1 saturated heterocycles. The SMILES string of the molecule is Cc1ccc(CCC(=O)C(C)c2ccc(NS(C)(=O)=O)c(F)c2)c(N2CCC(C(F)(F)F)CC2)c1. The van der Waals surface area contributed by atoms with E-state index in [0.29, 0.717) is 25.1 Å². The van der Waals surface area contributed by atoms with Crippen molar-refractivity contribution in [1.29, 1.82) is 0 Å². The molecular weight excluding hydrogens is 484 g/mol. The van der Waals surface area contributed by atoms with E-state index in [-0.39, 0.29) is 30.7 Å². The first-order valence-corrected chi connectivity index (χ1v) is 13.3. The molecule has 192 valence electrons. The zero-order valence-electron chi connectivity index (χ0n) is 20.0. The molecule has 0 aliphatic carbocycles. The van der Waals surface area contributed by atoms with Crippen molar-refractivity contribution in [3.63, 3.8) is 0 Å². The van der Waals surface area contributed by atoms with Crippen LogP contribution in [0.15, 0.2) is 36.4 Å². The molecule has 10 heteroatoms. The summed E-state index contributed by atoms with van der Waals surface area (Å²) in [6.45, 7) is 4.19. The number of carbonyl (C=O) groups excluding carboxylic acids is 1. The van der Waals surface area contributed by atoms with E-state index in [1.54, 1.807) is 6.92 Å². The van der Waals surface area contributed by atoms with Crippen molar-refractivity contribution < 1.29 is 30.8 Å². The van der Waals surface area contributed by atoms with Crippen LogP contribution in [0.4, 0.5) is 28.9 Å². The summed E-state index contributed by atoms with van der Waals surface area (Å²) < 4.78 is 78.3. The van der Waals surface area contributed by atoms with Crippen LogP contribution in [0.2, 0.25) is 0 Å². The fourth-order valence-electron chi connectivity index (χ4n) is 4.37. The summed E-state index contributed by atoms with van der Waals surface area (Å²) in [6.07, 6.45) is -2.58. The molecule has 2 aromatic carbocycles. The molecule has 0 radical (unpaired) electrons. The Hall–Kier alpha value is -2.62. The lowest BCUT2D eigenvalue weighted by atomic mass is 9.91. The summed E-state index contributed by atoms with van der Waals surface area (Å²) in [5.74, 6) is -2.77. The molecule has 0 amide bonds. The van der Waals surface area contributed by atoms with Gasteiger partial charge >= 0.3 is 6.18 Å². The molecule has 1 heterocycles. The Kier molecular flexibility index (Phi) is 8.14. The first kappa shape index (κ1) is 27.0. The minimum absolute atomic E-state index is 0.0442. The number of rotatable bonds is 8. The number of nitrogens with zero attached hydrogens (tertiary/aromatic N) is 1. The first-order chi connectivity index (χ1) is 16.2. The van der Waals surface area contributed by atoms with Gasteiger partial charge in [-0.15, -0.1) is 0 Å². The highest BCUT2D eigenvalue weighted by atomic mass is 32.2. The smallest absolute Gasteiger partial charge is 0.371 e. The van der Waals surface area contributed by atoms with E-state index >= 15 is 0 Å². The summed E-state index contributed by atoms with van der Waals surface area (Å²) >= 11 is 0. The maximum absolute atomic E-state index is 14.3. The van der Waals surface area contributed by atoms with Crippen LogP contribution in [0.1, 0.15) is 48.8 Å². The average molecular weight is 515 g/mol. The highest BCUT2D eigenvalue weighted by Crippen LogP contribution is 2.36. The van der Waals surface area contributed by atoms with Crippen LogP contribution < -0.4 is 9.62 Å². The van der Waals surface area contributed by atoms with Gasteiger partial charge in [-0.05, 0) is 61.1 Å². The zero-order valence-corrected chi connectivity index (χ0v) is 20.8. The van der Waals surface area contributed by atoms with Crippen molar-refractivity contribution in [1.82, 2.24) is 0 Å². The van der Waals surface area contributed by atoms with Crippen molar-refractivity contribution in [2.75, 3.05) is 29.0 Å². The Morgan fingerprint density at radius 2 is 1.80 bits per heavy atom. The molecule has 35 heavy (non-hydrogen) atoms. The Bertz CT molecular complexity index is 1170. The van der Waals surface area contributed by atoms with Crippen LogP contribution >= 0.6 is 0 Å². The molecule has 1 unspecified atom stereocenters. The quantitative estimate of drug-likeness (QED) is 0.467. The highest BCUT2D eigenvalue weighted by Gasteiger charge is 2.41. The minimum Gasteiger partial charge on any atom is -0.371 e. The van der Waals surface area contributed by atoms with Gasteiger partial charge in [0.05, 0.1) is 17.9 Å². The number of anilines is 2. The van der Waals surface area contributed by atoms with Crippen molar-refractivity contribution in [3.05, 3.63) is 58.9 Å². The van der Waals surface area contributed by atoms with Gasteiger partial charge in [0.15, 0.2) is 0 Å². The lowest BCUT2D eigenvalue weighted by molar-refractivity contribution is -0.179. The van der Waals surface area contributed by atoms with Crippen molar-refractivity contribution in [3.8, 4) is 0 Å². The van der Waals surface area contributed by atoms with Crippen LogP contribution in [0.5, 0.6) is 0 Å². The molecule has 5 nitrogen and oxygen atoms in total. The molecule has 1 aliphatic rings. The van der Waals surface area contributed by atoms with Gasteiger partial charge in [-0.1, -0.05) is 25.1 Å². The number of alkyl halides is 3. The number of aryl methyl sites for hydroxylation is 2. The van der Waals surface area contributed by atoms with Crippen LogP contribution in [-0.2, 0) is 21.2 Å².